The summed E-state index contributed by atoms with van der Waals surface area (Å²) in [4.78, 5) is 18.8. The summed E-state index contributed by atoms with van der Waals surface area (Å²) < 4.78 is 4.99. The van der Waals surface area contributed by atoms with Crippen molar-refractivity contribution in [3.8, 4) is 0 Å². The number of esters is 1. The van der Waals surface area contributed by atoms with Crippen LogP contribution < -0.4 is 26.6 Å². The van der Waals surface area contributed by atoms with Gasteiger partial charge in [0.25, 0.3) is 0 Å². The number of benzene rings is 2. The Morgan fingerprint density at radius 2 is 1.68 bits per heavy atom. The molecule has 0 aliphatic carbocycles. The van der Waals surface area contributed by atoms with Gasteiger partial charge >= 0.3 is 5.97 Å². The molecule has 0 amide bonds. The lowest BCUT2D eigenvalue weighted by molar-refractivity contribution is 0.0532. The van der Waals surface area contributed by atoms with E-state index in [0.29, 0.717) is 16.6 Å². The topological polar surface area (TPSA) is 115 Å². The number of aromatic nitrogens is 1. The van der Waals surface area contributed by atoms with E-state index in [4.69, 9.17) is 4.74 Å². The monoisotopic (exact) mass is 576 g/mol. The number of azo groups is 1. The van der Waals surface area contributed by atoms with Crippen LogP contribution in [0, 0.1) is 13.8 Å². The highest BCUT2D eigenvalue weighted by atomic mass is 32.1. The Balaban J connectivity index is 1.13. The molecule has 4 N–H and O–H groups in total. The summed E-state index contributed by atoms with van der Waals surface area (Å²) >= 11 is 2.91. The Labute approximate surface area is 241 Å². The first kappa shape index (κ1) is 27.4. The molecule has 208 valence electrons. The van der Waals surface area contributed by atoms with E-state index in [1.54, 1.807) is 18.3 Å². The van der Waals surface area contributed by atoms with Crippen molar-refractivity contribution in [1.29, 1.82) is 0 Å². The van der Waals surface area contributed by atoms with Crippen LogP contribution in [-0.2, 0) is 4.74 Å². The van der Waals surface area contributed by atoms with Crippen molar-refractivity contribution in [2.75, 3.05) is 46.3 Å². The number of hydrazine groups is 2. The third-order valence-electron chi connectivity index (χ3n) is 6.32. The number of nitrogens with zero attached hydrogens (tertiary/aromatic N) is 4. The van der Waals surface area contributed by atoms with Crippen molar-refractivity contribution in [2.45, 2.75) is 33.6 Å². The smallest absolute Gasteiger partial charge is 0.350 e. The molecular formula is C28H32N8O2S2. The van der Waals surface area contributed by atoms with E-state index >= 15 is 0 Å². The molecule has 1 saturated heterocycles. The molecule has 0 radical (unpaired) electrons. The number of aryl methyl sites for hydroxylation is 2. The molecule has 3 heterocycles. The number of carbonyl (C=O) groups is 1. The van der Waals surface area contributed by atoms with E-state index < -0.39 is 5.97 Å². The zero-order chi connectivity index (χ0) is 27.9. The average molecular weight is 577 g/mol. The lowest BCUT2D eigenvalue weighted by Gasteiger charge is -2.15. The highest BCUT2D eigenvalue weighted by Crippen LogP contribution is 2.32. The van der Waals surface area contributed by atoms with Gasteiger partial charge in [-0.3, -0.25) is 5.43 Å². The van der Waals surface area contributed by atoms with Crippen LogP contribution in [0.15, 0.2) is 65.0 Å². The molecule has 0 saturated carbocycles. The van der Waals surface area contributed by atoms with Crippen molar-refractivity contribution in [1.82, 2.24) is 4.98 Å². The van der Waals surface area contributed by atoms with Gasteiger partial charge in [0.1, 0.15) is 9.88 Å². The lowest BCUT2D eigenvalue weighted by Crippen LogP contribution is -2.15. The minimum absolute atomic E-state index is 0.317. The Hall–Kier alpha value is -4.16. The first-order valence-electron chi connectivity index (χ1n) is 13.1. The number of ether oxygens (including phenoxy) is 1. The van der Waals surface area contributed by atoms with Crippen LogP contribution in [0.4, 0.5) is 37.9 Å². The molecule has 12 heteroatoms. The second-order valence-electron chi connectivity index (χ2n) is 9.29. The molecular weight excluding hydrogens is 544 g/mol. The van der Waals surface area contributed by atoms with E-state index in [-0.39, 0.29) is 0 Å². The number of hydrogen-bond acceptors (Lipinski definition) is 12. The number of thiophene rings is 1. The van der Waals surface area contributed by atoms with E-state index in [2.05, 4.69) is 66.9 Å². The van der Waals surface area contributed by atoms with E-state index in [9.17, 15) is 4.79 Å². The van der Waals surface area contributed by atoms with Crippen LogP contribution in [0.5, 0.6) is 0 Å². The zero-order valence-corrected chi connectivity index (χ0v) is 24.3. The van der Waals surface area contributed by atoms with Crippen molar-refractivity contribution in [3.05, 3.63) is 70.7 Å². The summed E-state index contributed by atoms with van der Waals surface area (Å²) in [5.74, 6) is -0.400. The third kappa shape index (κ3) is 6.88. The quantitative estimate of drug-likeness (QED) is 0.0809. The van der Waals surface area contributed by atoms with Crippen molar-refractivity contribution in [3.63, 3.8) is 0 Å². The second-order valence-corrected chi connectivity index (χ2v) is 11.4. The Morgan fingerprint density at radius 3 is 2.42 bits per heavy atom. The van der Waals surface area contributed by atoms with Crippen LogP contribution in [0.2, 0.25) is 0 Å². The fraction of sp³-hybridized carbons (Fsp3) is 0.286. The SMILES string of the molecule is CCOC(=O)c1cnc(/N=N/c2ccc(NNc3ccc(NNc4ccc(N5CCCC5)s4)cc3C)cc2C)s1. The maximum atomic E-state index is 11.8. The Bertz CT molecular complexity index is 1490. The molecule has 0 bridgehead atoms. The minimum atomic E-state index is -0.400. The summed E-state index contributed by atoms with van der Waals surface area (Å²) in [6, 6.07) is 16.2. The fourth-order valence-electron chi connectivity index (χ4n) is 4.21. The van der Waals surface area contributed by atoms with Gasteiger partial charge in [0.05, 0.1) is 40.6 Å². The highest BCUT2D eigenvalue weighted by Gasteiger charge is 2.14. The average Bonchev–Trinajstić information content (AvgIpc) is 3.73. The van der Waals surface area contributed by atoms with Gasteiger partial charge in [0.2, 0.25) is 5.13 Å². The van der Waals surface area contributed by atoms with Crippen LogP contribution in [-0.4, -0.2) is 30.6 Å². The standard InChI is InChI=1S/C28H32N8O2S2/c1-4-38-27(37)24-17-29-28(39-24)35-33-23-10-7-20(15-19(23)3)30-32-22-9-8-21(16-18(22)2)31-34-25-11-12-26(40-25)36-13-5-6-14-36/h7-12,15-17,30-32,34H,4-6,13-14H2,1-3H3/b35-33+. The number of carbonyl (C=O) groups excluding carboxylic acids is 1. The summed E-state index contributed by atoms with van der Waals surface area (Å²) in [7, 11) is 0. The highest BCUT2D eigenvalue weighted by molar-refractivity contribution is 7.20. The first-order valence-corrected chi connectivity index (χ1v) is 14.8. The van der Waals surface area contributed by atoms with Crippen LogP contribution in [0.3, 0.4) is 0 Å². The predicted molar refractivity (Wildman–Crippen MR) is 165 cm³/mol. The summed E-state index contributed by atoms with van der Waals surface area (Å²) in [6.07, 6.45) is 4.01. The van der Waals surface area contributed by atoms with Gasteiger partial charge in [0, 0.05) is 13.1 Å². The van der Waals surface area contributed by atoms with Gasteiger partial charge in [-0.05, 0) is 93.3 Å². The van der Waals surface area contributed by atoms with Crippen molar-refractivity contribution < 1.29 is 9.53 Å². The molecule has 40 heavy (non-hydrogen) atoms. The molecule has 1 aliphatic rings. The molecule has 2 aromatic heterocycles. The van der Waals surface area contributed by atoms with Gasteiger partial charge in [-0.15, -0.1) is 10.2 Å². The zero-order valence-electron chi connectivity index (χ0n) is 22.7. The van der Waals surface area contributed by atoms with Gasteiger partial charge < -0.3 is 25.9 Å². The summed E-state index contributed by atoms with van der Waals surface area (Å²) in [6.45, 7) is 8.41. The van der Waals surface area contributed by atoms with Gasteiger partial charge in [0.15, 0.2) is 0 Å². The Kier molecular flexibility index (Phi) is 8.77. The molecule has 10 nitrogen and oxygen atoms in total. The Morgan fingerprint density at radius 1 is 0.925 bits per heavy atom. The maximum Gasteiger partial charge on any atom is 0.350 e. The maximum absolute atomic E-state index is 11.8. The van der Waals surface area contributed by atoms with Gasteiger partial charge in [-0.25, -0.2) is 9.78 Å². The number of hydrogen-bond donors (Lipinski definition) is 4. The van der Waals surface area contributed by atoms with E-state index in [1.807, 2.05) is 37.3 Å². The second kappa shape index (κ2) is 12.8. The lowest BCUT2D eigenvalue weighted by atomic mass is 10.2. The summed E-state index contributed by atoms with van der Waals surface area (Å²) in [5.41, 5.74) is 18.8. The number of anilines is 5. The number of rotatable bonds is 11. The van der Waals surface area contributed by atoms with Crippen molar-refractivity contribution in [2.24, 2.45) is 10.2 Å². The van der Waals surface area contributed by atoms with Gasteiger partial charge in [-0.2, -0.15) is 0 Å². The van der Waals surface area contributed by atoms with Crippen LogP contribution in [0.25, 0.3) is 0 Å². The van der Waals surface area contributed by atoms with Crippen molar-refractivity contribution >= 4 is 66.5 Å². The molecule has 1 aliphatic heterocycles. The fourth-order valence-corrected chi connectivity index (χ4v) is 5.75. The van der Waals surface area contributed by atoms with E-state index in [0.717, 1.165) is 63.3 Å². The van der Waals surface area contributed by atoms with Gasteiger partial charge in [-0.1, -0.05) is 22.7 Å². The first-order chi connectivity index (χ1) is 19.5. The van der Waals surface area contributed by atoms with Crippen LogP contribution in [0.1, 0.15) is 40.6 Å². The molecule has 4 aromatic rings. The normalized spacial score (nSPS) is 13.0. The molecule has 0 atom stereocenters. The molecule has 5 rings (SSSR count). The minimum Gasteiger partial charge on any atom is -0.462 e. The molecule has 2 aromatic carbocycles. The largest absolute Gasteiger partial charge is 0.462 e. The van der Waals surface area contributed by atoms with E-state index in [1.165, 1.54) is 24.0 Å². The molecule has 1 fully saturated rings. The van der Waals surface area contributed by atoms with Crippen LogP contribution >= 0.6 is 22.7 Å². The number of thiazole rings is 1. The third-order valence-corrected chi connectivity index (χ3v) is 8.24. The molecule has 0 unspecified atom stereocenters. The summed E-state index contributed by atoms with van der Waals surface area (Å²) in [5, 5.41) is 11.3. The predicted octanol–water partition coefficient (Wildman–Crippen LogP) is 7.89. The number of nitrogens with one attached hydrogen (secondary N) is 4. The molecule has 0 spiro atoms.